The minimum atomic E-state index is 0.170. The average Bonchev–Trinajstić information content (AvgIpc) is 2.51. The van der Waals surface area contributed by atoms with Crippen molar-refractivity contribution in [2.45, 2.75) is 35.6 Å². The summed E-state index contributed by atoms with van der Waals surface area (Å²) in [6.07, 6.45) is 1.84. The molecule has 0 spiro atoms. The maximum atomic E-state index is 5.87. The van der Waals surface area contributed by atoms with Crippen LogP contribution in [-0.2, 0) is 0 Å². The van der Waals surface area contributed by atoms with Crippen LogP contribution in [0.3, 0.4) is 0 Å². The zero-order valence-corrected chi connectivity index (χ0v) is 14.0. The van der Waals surface area contributed by atoms with Gasteiger partial charge in [-0.15, -0.1) is 0 Å². The zero-order valence-electron chi connectivity index (χ0n) is 12.3. The second-order valence-electron chi connectivity index (χ2n) is 5.52. The Balaban J connectivity index is 1.87. The van der Waals surface area contributed by atoms with Crippen molar-refractivity contribution in [2.24, 2.45) is 5.84 Å². The number of nitrogens with zero attached hydrogens (tertiary/aromatic N) is 1. The Kier molecular flexibility index (Phi) is 4.74. The number of fused-ring (bicyclic) bond motifs is 1. The van der Waals surface area contributed by atoms with Gasteiger partial charge in [0.15, 0.2) is 0 Å². The fourth-order valence-corrected chi connectivity index (χ4v) is 5.78. The summed E-state index contributed by atoms with van der Waals surface area (Å²) in [5.74, 6) is 7.00. The lowest BCUT2D eigenvalue weighted by molar-refractivity contribution is 0.550. The van der Waals surface area contributed by atoms with Crippen molar-refractivity contribution in [3.63, 3.8) is 0 Å². The SMILES string of the molecule is CC1SCC(C(NN)c2ccc3cccnc3c2)SC1C. The Hall–Kier alpha value is -0.750. The van der Waals surface area contributed by atoms with Gasteiger partial charge < -0.3 is 0 Å². The molecule has 0 radical (unpaired) electrons. The molecular weight excluding hydrogens is 298 g/mol. The molecule has 4 unspecified atom stereocenters. The smallest absolute Gasteiger partial charge is 0.0705 e. The van der Waals surface area contributed by atoms with E-state index in [1.807, 2.05) is 35.8 Å². The third-order valence-corrected chi connectivity index (χ3v) is 7.61. The van der Waals surface area contributed by atoms with Crippen molar-refractivity contribution in [1.29, 1.82) is 0 Å². The first-order valence-electron chi connectivity index (χ1n) is 7.27. The van der Waals surface area contributed by atoms with Crippen LogP contribution in [0.4, 0.5) is 0 Å². The van der Waals surface area contributed by atoms with Crippen LogP contribution < -0.4 is 11.3 Å². The second kappa shape index (κ2) is 6.57. The molecule has 1 saturated heterocycles. The molecule has 0 amide bonds. The minimum absolute atomic E-state index is 0.170. The summed E-state index contributed by atoms with van der Waals surface area (Å²) in [7, 11) is 0. The highest BCUT2D eigenvalue weighted by Crippen LogP contribution is 2.41. The predicted molar refractivity (Wildman–Crippen MR) is 94.6 cm³/mol. The molecule has 1 fully saturated rings. The summed E-state index contributed by atoms with van der Waals surface area (Å²) < 4.78 is 0. The zero-order chi connectivity index (χ0) is 14.8. The van der Waals surface area contributed by atoms with Gasteiger partial charge in [-0.05, 0) is 17.7 Å². The molecule has 1 aliphatic rings. The van der Waals surface area contributed by atoms with E-state index in [4.69, 9.17) is 5.84 Å². The number of rotatable bonds is 3. The molecule has 4 atom stereocenters. The third kappa shape index (κ3) is 3.21. The number of hydrazine groups is 1. The number of nitrogens with two attached hydrogens (primary N) is 1. The molecule has 0 bridgehead atoms. The summed E-state index contributed by atoms with van der Waals surface area (Å²) in [4.78, 5) is 4.45. The second-order valence-corrected chi connectivity index (χ2v) is 8.55. The Morgan fingerprint density at radius 1 is 1.29 bits per heavy atom. The summed E-state index contributed by atoms with van der Waals surface area (Å²) in [5.41, 5.74) is 5.28. The molecule has 112 valence electrons. The van der Waals surface area contributed by atoms with Crippen LogP contribution >= 0.6 is 23.5 Å². The monoisotopic (exact) mass is 319 g/mol. The first-order chi connectivity index (χ1) is 10.2. The van der Waals surface area contributed by atoms with Crippen LogP contribution in [0, 0.1) is 0 Å². The van der Waals surface area contributed by atoms with Crippen LogP contribution in [0.15, 0.2) is 36.5 Å². The Morgan fingerprint density at radius 3 is 2.90 bits per heavy atom. The summed E-state index contributed by atoms with van der Waals surface area (Å²) >= 11 is 4.09. The van der Waals surface area contributed by atoms with Gasteiger partial charge in [-0.3, -0.25) is 16.3 Å². The number of hydrogen-bond acceptors (Lipinski definition) is 5. The standard InChI is InChI=1S/C16H21N3S2/c1-10-11(2)21-15(9-20-10)16(19-17)13-6-5-12-4-3-7-18-14(12)8-13/h3-8,10-11,15-16,19H,9,17H2,1-2H3. The summed E-state index contributed by atoms with van der Waals surface area (Å²) in [6.45, 7) is 4.62. The highest BCUT2D eigenvalue weighted by Gasteiger charge is 2.31. The Morgan fingerprint density at radius 2 is 2.14 bits per heavy atom. The molecule has 0 saturated carbocycles. The van der Waals surface area contributed by atoms with Gasteiger partial charge in [-0.25, -0.2) is 0 Å². The van der Waals surface area contributed by atoms with Crippen LogP contribution in [0.1, 0.15) is 25.5 Å². The van der Waals surface area contributed by atoms with E-state index in [0.29, 0.717) is 15.7 Å². The van der Waals surface area contributed by atoms with Crippen LogP contribution in [0.25, 0.3) is 10.9 Å². The lowest BCUT2D eigenvalue weighted by Crippen LogP contribution is -2.40. The van der Waals surface area contributed by atoms with Gasteiger partial charge in [0.05, 0.1) is 11.6 Å². The summed E-state index contributed by atoms with van der Waals surface area (Å²) in [6, 6.07) is 10.7. The first-order valence-corrected chi connectivity index (χ1v) is 9.26. The number of benzene rings is 1. The molecule has 1 aromatic heterocycles. The van der Waals surface area contributed by atoms with E-state index < -0.39 is 0 Å². The van der Waals surface area contributed by atoms with Crippen molar-refractivity contribution in [1.82, 2.24) is 10.4 Å². The summed E-state index contributed by atoms with van der Waals surface area (Å²) in [5, 5.41) is 3.03. The van der Waals surface area contributed by atoms with Gasteiger partial charge in [0.25, 0.3) is 0 Å². The van der Waals surface area contributed by atoms with Crippen LogP contribution in [-0.4, -0.2) is 26.5 Å². The van der Waals surface area contributed by atoms with Gasteiger partial charge in [0.2, 0.25) is 0 Å². The number of thioether (sulfide) groups is 2. The predicted octanol–water partition coefficient (Wildman–Crippen LogP) is 3.36. The fraction of sp³-hybridized carbons (Fsp3) is 0.438. The molecule has 1 aromatic carbocycles. The molecule has 2 heterocycles. The van der Waals surface area contributed by atoms with Crippen LogP contribution in [0.2, 0.25) is 0 Å². The molecule has 2 aromatic rings. The van der Waals surface area contributed by atoms with Gasteiger partial charge in [-0.1, -0.05) is 32.0 Å². The van der Waals surface area contributed by atoms with Gasteiger partial charge in [-0.2, -0.15) is 23.5 Å². The molecule has 3 rings (SSSR count). The van der Waals surface area contributed by atoms with Crippen LogP contribution in [0.5, 0.6) is 0 Å². The quantitative estimate of drug-likeness (QED) is 0.671. The Bertz CT molecular complexity index is 619. The maximum Gasteiger partial charge on any atom is 0.0705 e. The molecule has 3 nitrogen and oxygen atoms in total. The number of nitrogens with one attached hydrogen (secondary N) is 1. The van der Waals surface area contributed by atoms with Gasteiger partial charge in [0, 0.05) is 33.1 Å². The molecule has 5 heteroatoms. The Labute approximate surface area is 134 Å². The number of pyridine rings is 1. The van der Waals surface area contributed by atoms with E-state index in [2.05, 4.69) is 48.5 Å². The largest absolute Gasteiger partial charge is 0.271 e. The fourth-order valence-electron chi connectivity index (χ4n) is 2.68. The number of aromatic nitrogens is 1. The first kappa shape index (κ1) is 15.2. The van der Waals surface area contributed by atoms with Gasteiger partial charge in [0.1, 0.15) is 0 Å². The average molecular weight is 319 g/mol. The lowest BCUT2D eigenvalue weighted by atomic mass is 10.0. The van der Waals surface area contributed by atoms with E-state index in [-0.39, 0.29) is 6.04 Å². The lowest BCUT2D eigenvalue weighted by Gasteiger charge is -2.35. The van der Waals surface area contributed by atoms with Crippen molar-refractivity contribution in [3.05, 3.63) is 42.1 Å². The molecule has 3 N–H and O–H groups in total. The molecule has 1 aliphatic heterocycles. The van der Waals surface area contributed by atoms with Gasteiger partial charge >= 0.3 is 0 Å². The topological polar surface area (TPSA) is 50.9 Å². The number of hydrogen-bond donors (Lipinski definition) is 2. The van der Waals surface area contributed by atoms with E-state index in [1.165, 1.54) is 10.9 Å². The molecule has 21 heavy (non-hydrogen) atoms. The third-order valence-electron chi connectivity index (χ3n) is 4.11. The van der Waals surface area contributed by atoms with E-state index in [1.54, 1.807) is 0 Å². The van der Waals surface area contributed by atoms with E-state index >= 15 is 0 Å². The normalized spacial score (nSPS) is 27.7. The van der Waals surface area contributed by atoms with E-state index in [0.717, 1.165) is 11.3 Å². The molecular formula is C16H21N3S2. The van der Waals surface area contributed by atoms with Crippen molar-refractivity contribution in [3.8, 4) is 0 Å². The van der Waals surface area contributed by atoms with E-state index in [9.17, 15) is 0 Å². The maximum absolute atomic E-state index is 5.87. The van der Waals surface area contributed by atoms with Crippen molar-refractivity contribution in [2.75, 3.05) is 5.75 Å². The highest BCUT2D eigenvalue weighted by atomic mass is 32.2. The van der Waals surface area contributed by atoms with Crippen molar-refractivity contribution < 1.29 is 0 Å². The minimum Gasteiger partial charge on any atom is -0.271 e. The molecule has 0 aliphatic carbocycles. The highest BCUT2D eigenvalue weighted by molar-refractivity contribution is 8.07. The van der Waals surface area contributed by atoms with Crippen molar-refractivity contribution >= 4 is 34.4 Å².